The van der Waals surface area contributed by atoms with E-state index in [1.807, 2.05) is 31.2 Å². The van der Waals surface area contributed by atoms with Crippen molar-refractivity contribution >= 4 is 17.4 Å². The summed E-state index contributed by atoms with van der Waals surface area (Å²) in [6.07, 6.45) is 1.33. The van der Waals surface area contributed by atoms with E-state index < -0.39 is 0 Å². The van der Waals surface area contributed by atoms with Crippen LogP contribution in [0, 0.1) is 12.7 Å². The average molecular weight is 336 g/mol. The number of benzene rings is 2. The predicted molar refractivity (Wildman–Crippen MR) is 94.9 cm³/mol. The summed E-state index contributed by atoms with van der Waals surface area (Å²) in [7, 11) is 0. The van der Waals surface area contributed by atoms with Crippen molar-refractivity contribution in [2.24, 2.45) is 0 Å². The summed E-state index contributed by atoms with van der Waals surface area (Å²) in [5.74, 6) is -0.0645. The van der Waals surface area contributed by atoms with Gasteiger partial charge < -0.3 is 10.6 Å². The van der Waals surface area contributed by atoms with Crippen LogP contribution in [0.1, 0.15) is 21.6 Å². The summed E-state index contributed by atoms with van der Waals surface area (Å²) in [5.41, 5.74) is 2.99. The highest BCUT2D eigenvalue weighted by molar-refractivity contribution is 6.03. The second-order valence-corrected chi connectivity index (χ2v) is 5.59. The number of nitrogens with one attached hydrogen (secondary N) is 2. The number of hydrogen-bond acceptors (Lipinski definition) is 4. The Kier molecular flexibility index (Phi) is 4.99. The van der Waals surface area contributed by atoms with Gasteiger partial charge in [-0.2, -0.15) is 0 Å². The molecule has 0 aliphatic carbocycles. The fourth-order valence-corrected chi connectivity index (χ4v) is 2.21. The van der Waals surface area contributed by atoms with Crippen LogP contribution < -0.4 is 10.6 Å². The van der Waals surface area contributed by atoms with Gasteiger partial charge in [-0.25, -0.2) is 14.4 Å². The topological polar surface area (TPSA) is 66.9 Å². The van der Waals surface area contributed by atoms with Crippen molar-refractivity contribution in [1.82, 2.24) is 9.97 Å². The summed E-state index contributed by atoms with van der Waals surface area (Å²) < 4.78 is 12.9. The molecule has 0 unspecified atom stereocenters. The maximum Gasteiger partial charge on any atom is 0.274 e. The Balaban J connectivity index is 1.64. The third-order valence-electron chi connectivity index (χ3n) is 3.60. The molecule has 3 rings (SSSR count). The molecule has 0 spiro atoms. The molecule has 6 heteroatoms. The monoisotopic (exact) mass is 336 g/mol. The number of carbonyl (C=O) groups excluding carboxylic acids is 1. The van der Waals surface area contributed by atoms with Gasteiger partial charge in [-0.1, -0.05) is 29.8 Å². The van der Waals surface area contributed by atoms with Gasteiger partial charge in [-0.05, 0) is 36.8 Å². The molecule has 3 aromatic rings. The molecule has 0 aliphatic heterocycles. The summed E-state index contributed by atoms with van der Waals surface area (Å²) in [6, 6.07) is 15.3. The lowest BCUT2D eigenvalue weighted by atomic mass is 10.2. The number of nitrogens with zero attached hydrogens (tertiary/aromatic N) is 2. The standard InChI is InChI=1S/C19H17FN4O/c1-13-2-8-16(9-3-13)24-19(25)17-10-18(23-12-22-17)21-11-14-4-6-15(20)7-5-14/h2-10,12H,11H2,1H3,(H,24,25)(H,21,22,23). The number of amides is 1. The highest BCUT2D eigenvalue weighted by Gasteiger charge is 2.09. The molecule has 1 heterocycles. The maximum absolute atomic E-state index is 12.9. The van der Waals surface area contributed by atoms with Crippen LogP contribution in [0.15, 0.2) is 60.9 Å². The molecule has 1 aromatic heterocycles. The third kappa shape index (κ3) is 4.60. The first-order chi connectivity index (χ1) is 12.1. The van der Waals surface area contributed by atoms with E-state index in [9.17, 15) is 9.18 Å². The van der Waals surface area contributed by atoms with Crippen molar-refractivity contribution in [2.45, 2.75) is 13.5 Å². The first-order valence-electron chi connectivity index (χ1n) is 7.78. The first kappa shape index (κ1) is 16.6. The molecule has 1 amide bonds. The number of anilines is 2. The van der Waals surface area contributed by atoms with E-state index in [1.165, 1.54) is 18.5 Å². The average Bonchev–Trinajstić information content (AvgIpc) is 2.63. The summed E-state index contributed by atoms with van der Waals surface area (Å²) in [4.78, 5) is 20.4. The van der Waals surface area contributed by atoms with E-state index in [0.29, 0.717) is 18.1 Å². The molecular weight excluding hydrogens is 319 g/mol. The highest BCUT2D eigenvalue weighted by atomic mass is 19.1. The fourth-order valence-electron chi connectivity index (χ4n) is 2.21. The highest BCUT2D eigenvalue weighted by Crippen LogP contribution is 2.12. The molecular formula is C19H17FN4O. The Bertz CT molecular complexity index is 863. The lowest BCUT2D eigenvalue weighted by molar-refractivity contribution is 0.102. The minimum atomic E-state index is -0.309. The molecule has 0 aliphatic rings. The minimum Gasteiger partial charge on any atom is -0.366 e. The molecule has 2 aromatic carbocycles. The lowest BCUT2D eigenvalue weighted by Crippen LogP contribution is -2.14. The zero-order chi connectivity index (χ0) is 17.6. The van der Waals surface area contributed by atoms with Crippen LogP contribution in [0.2, 0.25) is 0 Å². The van der Waals surface area contributed by atoms with E-state index >= 15 is 0 Å². The summed E-state index contributed by atoms with van der Waals surface area (Å²) in [5, 5.41) is 5.89. The molecule has 0 fully saturated rings. The Morgan fingerprint density at radius 2 is 1.76 bits per heavy atom. The molecule has 0 saturated heterocycles. The number of halogens is 1. The van der Waals surface area contributed by atoms with E-state index in [-0.39, 0.29) is 17.4 Å². The van der Waals surface area contributed by atoms with Crippen LogP contribution >= 0.6 is 0 Å². The van der Waals surface area contributed by atoms with Gasteiger partial charge in [0.1, 0.15) is 23.7 Å². The van der Waals surface area contributed by atoms with E-state index in [1.54, 1.807) is 18.2 Å². The van der Waals surface area contributed by atoms with Crippen LogP contribution in [-0.4, -0.2) is 15.9 Å². The van der Waals surface area contributed by atoms with Gasteiger partial charge in [0.15, 0.2) is 0 Å². The van der Waals surface area contributed by atoms with E-state index in [4.69, 9.17) is 0 Å². The number of aryl methyl sites for hydroxylation is 1. The van der Waals surface area contributed by atoms with Crippen LogP contribution in [0.5, 0.6) is 0 Å². The van der Waals surface area contributed by atoms with Gasteiger partial charge in [0.05, 0.1) is 0 Å². The largest absolute Gasteiger partial charge is 0.366 e. The number of carbonyl (C=O) groups is 1. The van der Waals surface area contributed by atoms with Gasteiger partial charge in [0.25, 0.3) is 5.91 Å². The second kappa shape index (κ2) is 7.53. The number of rotatable bonds is 5. The van der Waals surface area contributed by atoms with Crippen molar-refractivity contribution in [2.75, 3.05) is 10.6 Å². The van der Waals surface area contributed by atoms with Gasteiger partial charge >= 0.3 is 0 Å². The number of hydrogen-bond donors (Lipinski definition) is 2. The van der Waals surface area contributed by atoms with Crippen LogP contribution in [-0.2, 0) is 6.54 Å². The Morgan fingerprint density at radius 1 is 1.04 bits per heavy atom. The third-order valence-corrected chi connectivity index (χ3v) is 3.60. The normalized spacial score (nSPS) is 10.3. The van der Waals surface area contributed by atoms with E-state index in [0.717, 1.165) is 11.1 Å². The molecule has 0 atom stereocenters. The molecule has 5 nitrogen and oxygen atoms in total. The van der Waals surface area contributed by atoms with Crippen molar-refractivity contribution in [3.8, 4) is 0 Å². The summed E-state index contributed by atoms with van der Waals surface area (Å²) in [6.45, 7) is 2.45. The smallest absolute Gasteiger partial charge is 0.274 e. The lowest BCUT2D eigenvalue weighted by Gasteiger charge is -2.08. The second-order valence-electron chi connectivity index (χ2n) is 5.59. The zero-order valence-corrected chi connectivity index (χ0v) is 13.7. The molecule has 0 bridgehead atoms. The Morgan fingerprint density at radius 3 is 2.48 bits per heavy atom. The molecule has 25 heavy (non-hydrogen) atoms. The van der Waals surface area contributed by atoms with Gasteiger partial charge in [-0.15, -0.1) is 0 Å². The predicted octanol–water partition coefficient (Wildman–Crippen LogP) is 3.79. The first-order valence-corrected chi connectivity index (χ1v) is 7.78. The Labute approximate surface area is 145 Å². The van der Waals surface area contributed by atoms with Crippen LogP contribution in [0.4, 0.5) is 15.9 Å². The maximum atomic E-state index is 12.9. The van der Waals surface area contributed by atoms with Gasteiger partial charge in [0.2, 0.25) is 0 Å². The van der Waals surface area contributed by atoms with Crippen LogP contribution in [0.3, 0.4) is 0 Å². The SMILES string of the molecule is Cc1ccc(NC(=O)c2cc(NCc3ccc(F)cc3)ncn2)cc1. The molecule has 126 valence electrons. The molecule has 0 radical (unpaired) electrons. The van der Waals surface area contributed by atoms with Crippen LogP contribution in [0.25, 0.3) is 0 Å². The van der Waals surface area contributed by atoms with Gasteiger partial charge in [0, 0.05) is 18.3 Å². The molecule has 2 N–H and O–H groups in total. The molecule has 0 saturated carbocycles. The van der Waals surface area contributed by atoms with E-state index in [2.05, 4.69) is 20.6 Å². The Hall–Kier alpha value is -3.28. The minimum absolute atomic E-state index is 0.261. The number of aromatic nitrogens is 2. The zero-order valence-electron chi connectivity index (χ0n) is 13.7. The van der Waals surface area contributed by atoms with Crippen molar-refractivity contribution in [3.05, 3.63) is 83.6 Å². The van der Waals surface area contributed by atoms with Crippen molar-refractivity contribution in [3.63, 3.8) is 0 Å². The van der Waals surface area contributed by atoms with Gasteiger partial charge in [-0.3, -0.25) is 4.79 Å². The quantitative estimate of drug-likeness (QED) is 0.744. The van der Waals surface area contributed by atoms with Crippen molar-refractivity contribution in [1.29, 1.82) is 0 Å². The summed E-state index contributed by atoms with van der Waals surface area (Å²) >= 11 is 0. The fraction of sp³-hybridized carbons (Fsp3) is 0.105. The van der Waals surface area contributed by atoms with Crippen molar-refractivity contribution < 1.29 is 9.18 Å².